The molecule has 0 saturated heterocycles. The normalized spacial score (nSPS) is 11.0. The van der Waals surface area contributed by atoms with E-state index in [1.165, 1.54) is 0 Å². The van der Waals surface area contributed by atoms with Gasteiger partial charge in [-0.3, -0.25) is 9.59 Å². The number of ether oxygens (including phenoxy) is 1. The number of hydrogen-bond acceptors (Lipinski definition) is 3. The van der Waals surface area contributed by atoms with E-state index in [0.717, 1.165) is 6.42 Å². The molecule has 0 heterocycles. The zero-order chi connectivity index (χ0) is 9.78. The van der Waals surface area contributed by atoms with Crippen molar-refractivity contribution in [3.8, 4) is 0 Å². The first-order valence-electron chi connectivity index (χ1n) is 3.82. The van der Waals surface area contributed by atoms with Gasteiger partial charge < -0.3 is 4.74 Å². The lowest BCUT2D eigenvalue weighted by Gasteiger charge is -2.20. The topological polar surface area (TPSA) is 43.4 Å². The van der Waals surface area contributed by atoms with Crippen LogP contribution in [0.25, 0.3) is 0 Å². The van der Waals surface area contributed by atoms with Crippen LogP contribution in [0.3, 0.4) is 0 Å². The van der Waals surface area contributed by atoms with E-state index in [1.54, 1.807) is 36.4 Å². The van der Waals surface area contributed by atoms with Crippen molar-refractivity contribution in [3.63, 3.8) is 0 Å². The zero-order valence-electron chi connectivity index (χ0n) is 7.52. The summed E-state index contributed by atoms with van der Waals surface area (Å²) in [5.41, 5.74) is -0.979. The van der Waals surface area contributed by atoms with E-state index >= 15 is 0 Å². The van der Waals surface area contributed by atoms with Gasteiger partial charge in [0.05, 0.1) is 0 Å². The molecule has 0 aliphatic heterocycles. The number of halogens is 1. The van der Waals surface area contributed by atoms with E-state index in [0.29, 0.717) is 6.42 Å². The van der Waals surface area contributed by atoms with Gasteiger partial charge in [-0.1, -0.05) is 6.92 Å². The number of esters is 1. The minimum Gasteiger partial charge on any atom is -0.451 e. The van der Waals surface area contributed by atoms with E-state index in [1.807, 2.05) is 6.92 Å². The van der Waals surface area contributed by atoms with Crippen molar-refractivity contribution >= 4 is 32.4 Å². The van der Waals surface area contributed by atoms with Crippen LogP contribution in [0.2, 0.25) is 0 Å². The summed E-state index contributed by atoms with van der Waals surface area (Å²) in [5.74, 6) is -0.312. The summed E-state index contributed by atoms with van der Waals surface area (Å²) >= 11 is 1.63. The summed E-state index contributed by atoms with van der Waals surface area (Å²) in [4.78, 5) is 21.9. The van der Waals surface area contributed by atoms with Gasteiger partial charge in [0.2, 0.25) is 3.79 Å². The number of carbonyl (C=O) groups is 2. The van der Waals surface area contributed by atoms with Crippen molar-refractivity contribution in [2.75, 3.05) is 0 Å². The second-order valence-corrected chi connectivity index (χ2v) is 3.99. The molecule has 0 radical (unpaired) electrons. The van der Waals surface area contributed by atoms with Gasteiger partial charge in [-0.25, -0.2) is 0 Å². The highest BCUT2D eigenvalue weighted by Gasteiger charge is 2.29. The molecular formula is C8H13IO3. The Bertz CT molecular complexity index is 187. The van der Waals surface area contributed by atoms with E-state index in [4.69, 9.17) is 4.74 Å². The lowest BCUT2D eigenvalue weighted by molar-refractivity contribution is -0.160. The molecule has 70 valence electrons. The van der Waals surface area contributed by atoms with Crippen molar-refractivity contribution in [3.05, 3.63) is 0 Å². The predicted molar refractivity (Wildman–Crippen MR) is 54.1 cm³/mol. The van der Waals surface area contributed by atoms with E-state index < -0.39 is 5.60 Å². The summed E-state index contributed by atoms with van der Waals surface area (Å²) in [5, 5.41) is 0. The molecule has 0 fully saturated rings. The first-order chi connectivity index (χ1) is 5.40. The summed E-state index contributed by atoms with van der Waals surface area (Å²) in [6, 6.07) is 0. The highest BCUT2D eigenvalue weighted by molar-refractivity contribution is 14.1. The molecule has 0 spiro atoms. The molecule has 0 amide bonds. The Labute approximate surface area is 86.0 Å². The first-order valence-corrected chi connectivity index (χ1v) is 4.89. The predicted octanol–water partition coefficient (Wildman–Crippen LogP) is 2.07. The maximum Gasteiger partial charge on any atom is 0.306 e. The van der Waals surface area contributed by atoms with Crippen molar-refractivity contribution in [1.29, 1.82) is 0 Å². The molecule has 0 aliphatic rings. The van der Waals surface area contributed by atoms with Crippen LogP contribution in [0, 0.1) is 0 Å². The fraction of sp³-hybridized carbons (Fsp3) is 0.750. The average molecular weight is 284 g/mol. The van der Waals surface area contributed by atoms with Crippen molar-refractivity contribution < 1.29 is 14.3 Å². The van der Waals surface area contributed by atoms with Gasteiger partial charge in [0.25, 0.3) is 0 Å². The highest BCUT2D eigenvalue weighted by Crippen LogP contribution is 2.15. The summed E-state index contributed by atoms with van der Waals surface area (Å²) < 4.78 is 4.78. The van der Waals surface area contributed by atoms with Crippen LogP contribution in [0.15, 0.2) is 0 Å². The number of rotatable bonds is 4. The van der Waals surface area contributed by atoms with E-state index in [-0.39, 0.29) is 9.76 Å². The smallest absolute Gasteiger partial charge is 0.306 e. The molecule has 0 saturated carbocycles. The minimum absolute atomic E-state index is 0.162. The van der Waals surface area contributed by atoms with Gasteiger partial charge in [-0.2, -0.15) is 0 Å². The molecule has 0 aromatic rings. The third kappa shape index (κ3) is 4.04. The van der Waals surface area contributed by atoms with Crippen LogP contribution in [-0.2, 0) is 14.3 Å². The Morgan fingerprint density at radius 3 is 2.25 bits per heavy atom. The molecule has 4 heteroatoms. The lowest BCUT2D eigenvalue weighted by atomic mass is 10.2. The Morgan fingerprint density at radius 2 is 1.92 bits per heavy atom. The largest absolute Gasteiger partial charge is 0.451 e. The summed E-state index contributed by atoms with van der Waals surface area (Å²) in [7, 11) is 0. The fourth-order valence-electron chi connectivity index (χ4n) is 0.580. The Morgan fingerprint density at radius 1 is 1.42 bits per heavy atom. The zero-order valence-corrected chi connectivity index (χ0v) is 9.67. The Kier molecular flexibility index (Phi) is 4.74. The Balaban J connectivity index is 4.06. The van der Waals surface area contributed by atoms with Gasteiger partial charge in [0.15, 0.2) is 5.60 Å². The van der Waals surface area contributed by atoms with Gasteiger partial charge in [0, 0.05) is 29.0 Å². The first kappa shape index (κ1) is 11.9. The SMILES string of the molecule is CCCC(=O)OC(C)(C)C(=O)I. The second-order valence-electron chi connectivity index (χ2n) is 3.01. The van der Waals surface area contributed by atoms with E-state index in [2.05, 4.69) is 0 Å². The molecular weight excluding hydrogens is 271 g/mol. The van der Waals surface area contributed by atoms with Crippen LogP contribution >= 0.6 is 22.6 Å². The van der Waals surface area contributed by atoms with E-state index in [9.17, 15) is 9.59 Å². The third-order valence-electron chi connectivity index (χ3n) is 1.30. The maximum atomic E-state index is 11.0. The molecule has 0 bridgehead atoms. The molecule has 12 heavy (non-hydrogen) atoms. The molecule has 0 aromatic heterocycles. The van der Waals surface area contributed by atoms with Crippen molar-refractivity contribution in [1.82, 2.24) is 0 Å². The molecule has 0 rings (SSSR count). The molecule has 0 N–H and O–H groups in total. The summed E-state index contributed by atoms with van der Waals surface area (Å²) in [6.07, 6.45) is 1.11. The monoisotopic (exact) mass is 284 g/mol. The minimum atomic E-state index is -0.979. The van der Waals surface area contributed by atoms with Crippen molar-refractivity contribution in [2.24, 2.45) is 0 Å². The standard InChI is InChI=1S/C8H13IO3/c1-4-5-6(10)12-8(2,3)7(9)11/h4-5H2,1-3H3. The molecule has 0 atom stereocenters. The summed E-state index contributed by atoms with van der Waals surface area (Å²) in [6.45, 7) is 5.07. The Hall–Kier alpha value is -0.130. The van der Waals surface area contributed by atoms with Crippen LogP contribution < -0.4 is 0 Å². The highest BCUT2D eigenvalue weighted by atomic mass is 127. The van der Waals surface area contributed by atoms with Crippen LogP contribution in [0.5, 0.6) is 0 Å². The molecule has 3 nitrogen and oxygen atoms in total. The fourth-order valence-corrected chi connectivity index (χ4v) is 0.690. The molecule has 0 aliphatic carbocycles. The second kappa shape index (κ2) is 4.79. The van der Waals surface area contributed by atoms with Gasteiger partial charge >= 0.3 is 5.97 Å². The van der Waals surface area contributed by atoms with Gasteiger partial charge in [-0.15, -0.1) is 0 Å². The number of hydrogen-bond donors (Lipinski definition) is 0. The maximum absolute atomic E-state index is 11.0. The molecule has 0 unspecified atom stereocenters. The lowest BCUT2D eigenvalue weighted by Crippen LogP contribution is -2.33. The van der Waals surface area contributed by atoms with Crippen LogP contribution in [-0.4, -0.2) is 15.4 Å². The van der Waals surface area contributed by atoms with Crippen LogP contribution in [0.4, 0.5) is 0 Å². The van der Waals surface area contributed by atoms with Gasteiger partial charge in [0.1, 0.15) is 0 Å². The average Bonchev–Trinajstić information content (AvgIpc) is 1.85. The van der Waals surface area contributed by atoms with Gasteiger partial charge in [-0.05, 0) is 20.3 Å². The third-order valence-corrected chi connectivity index (χ3v) is 2.60. The van der Waals surface area contributed by atoms with Crippen LogP contribution in [0.1, 0.15) is 33.6 Å². The quantitative estimate of drug-likeness (QED) is 0.451. The molecule has 0 aromatic carbocycles. The van der Waals surface area contributed by atoms with Crippen molar-refractivity contribution in [2.45, 2.75) is 39.2 Å². The number of carbonyl (C=O) groups excluding carboxylic acids is 2.